The van der Waals surface area contributed by atoms with Gasteiger partial charge in [0.2, 0.25) is 5.91 Å². The van der Waals surface area contributed by atoms with Gasteiger partial charge in [-0.1, -0.05) is 23.1 Å². The third-order valence-corrected chi connectivity index (χ3v) is 5.95. The summed E-state index contributed by atoms with van der Waals surface area (Å²) in [5.74, 6) is 1.42. The van der Waals surface area contributed by atoms with Crippen molar-refractivity contribution in [3.63, 3.8) is 0 Å². The first-order valence-corrected chi connectivity index (χ1v) is 8.34. The minimum absolute atomic E-state index is 0.105. The summed E-state index contributed by atoms with van der Waals surface area (Å²) in [6.45, 7) is 0.868. The second-order valence-electron chi connectivity index (χ2n) is 5.08. The summed E-state index contributed by atoms with van der Waals surface area (Å²) < 4.78 is 1.49. The van der Waals surface area contributed by atoms with Crippen molar-refractivity contribution in [1.29, 1.82) is 0 Å². The van der Waals surface area contributed by atoms with Gasteiger partial charge in [0, 0.05) is 6.54 Å². The van der Waals surface area contributed by atoms with Gasteiger partial charge in [-0.15, -0.1) is 0 Å². The Labute approximate surface area is 119 Å². The van der Waals surface area contributed by atoms with E-state index in [1.54, 1.807) is 0 Å². The smallest absolute Gasteiger partial charge is 0.230 e. The Bertz CT molecular complexity index is 502. The molecule has 0 aromatic carbocycles. The van der Waals surface area contributed by atoms with Crippen LogP contribution in [0, 0.1) is 15.3 Å². The van der Waals surface area contributed by atoms with Gasteiger partial charge < -0.3 is 5.32 Å². The topological polar surface area (TPSA) is 57.8 Å². The number of amides is 1. The fourth-order valence-electron chi connectivity index (χ4n) is 2.32. The summed E-state index contributed by atoms with van der Waals surface area (Å²) in [5, 5.41) is 9.80. The lowest BCUT2D eigenvalue weighted by Gasteiger charge is -2.14. The average molecular weight is 301 g/mol. The summed E-state index contributed by atoms with van der Waals surface area (Å²) in [6, 6.07) is 0. The SMILES string of the molecule is O=C(CSc1n[nH]c(=S)s1)NCC1(C2CC2)CC1. The molecular weight excluding hydrogens is 286 g/mol. The minimum Gasteiger partial charge on any atom is -0.355 e. The van der Waals surface area contributed by atoms with Gasteiger partial charge >= 0.3 is 0 Å². The highest BCUT2D eigenvalue weighted by Gasteiger charge is 2.53. The molecule has 0 unspecified atom stereocenters. The molecule has 0 radical (unpaired) electrons. The van der Waals surface area contributed by atoms with Crippen LogP contribution < -0.4 is 5.32 Å². The highest BCUT2D eigenvalue weighted by Crippen LogP contribution is 2.60. The molecule has 98 valence electrons. The van der Waals surface area contributed by atoms with Crippen LogP contribution in [0.1, 0.15) is 25.7 Å². The van der Waals surface area contributed by atoms with E-state index < -0.39 is 0 Å². The maximum absolute atomic E-state index is 11.7. The number of aromatic nitrogens is 2. The van der Waals surface area contributed by atoms with Crippen molar-refractivity contribution in [3.8, 4) is 0 Å². The number of thioether (sulfide) groups is 1. The molecule has 0 bridgehead atoms. The number of hydrogen-bond donors (Lipinski definition) is 2. The number of hydrogen-bond acceptors (Lipinski definition) is 5. The highest BCUT2D eigenvalue weighted by atomic mass is 32.2. The standard InChI is InChI=1S/C11H15N3OS3/c15-8(5-17-10-14-13-9(16)18-10)12-6-11(3-4-11)7-1-2-7/h7H,1-6H2,(H,12,15)(H,13,16). The molecule has 1 heterocycles. The molecule has 2 aliphatic carbocycles. The number of carbonyl (C=O) groups excluding carboxylic acids is 1. The van der Waals surface area contributed by atoms with Gasteiger partial charge in [-0.3, -0.25) is 9.89 Å². The molecular formula is C11H15N3OS3. The van der Waals surface area contributed by atoms with E-state index in [0.717, 1.165) is 16.8 Å². The van der Waals surface area contributed by atoms with Crippen molar-refractivity contribution < 1.29 is 4.79 Å². The molecule has 2 aliphatic rings. The van der Waals surface area contributed by atoms with Gasteiger partial charge in [0.25, 0.3) is 0 Å². The number of nitrogens with one attached hydrogen (secondary N) is 2. The number of aromatic amines is 1. The average Bonchev–Trinajstić information content (AvgIpc) is 3.23. The molecule has 7 heteroatoms. The molecule has 3 rings (SSSR count). The Morgan fingerprint density at radius 3 is 2.94 bits per heavy atom. The van der Waals surface area contributed by atoms with E-state index in [0.29, 0.717) is 15.1 Å². The Hall–Kier alpha value is -0.400. The number of nitrogens with zero attached hydrogens (tertiary/aromatic N) is 1. The third-order valence-electron chi connectivity index (χ3n) is 3.72. The van der Waals surface area contributed by atoms with Crippen molar-refractivity contribution in [3.05, 3.63) is 3.95 Å². The van der Waals surface area contributed by atoms with Crippen LogP contribution in [0.4, 0.5) is 0 Å². The van der Waals surface area contributed by atoms with E-state index in [1.165, 1.54) is 48.8 Å². The second-order valence-corrected chi connectivity index (χ2v) is 7.97. The lowest BCUT2D eigenvalue weighted by atomic mass is 10.0. The van der Waals surface area contributed by atoms with E-state index in [4.69, 9.17) is 12.2 Å². The van der Waals surface area contributed by atoms with E-state index >= 15 is 0 Å². The van der Waals surface area contributed by atoms with Gasteiger partial charge in [-0.2, -0.15) is 5.10 Å². The molecule has 0 aliphatic heterocycles. The van der Waals surface area contributed by atoms with Crippen LogP contribution in [0.5, 0.6) is 0 Å². The Kier molecular flexibility index (Phi) is 3.46. The van der Waals surface area contributed by atoms with Crippen molar-refractivity contribution in [2.75, 3.05) is 12.3 Å². The predicted molar refractivity (Wildman–Crippen MR) is 75.4 cm³/mol. The lowest BCUT2D eigenvalue weighted by molar-refractivity contribution is -0.118. The van der Waals surface area contributed by atoms with E-state index in [1.807, 2.05) is 0 Å². The first kappa shape index (κ1) is 12.6. The molecule has 2 saturated carbocycles. The van der Waals surface area contributed by atoms with E-state index in [-0.39, 0.29) is 5.91 Å². The minimum atomic E-state index is 0.105. The van der Waals surface area contributed by atoms with Crippen LogP contribution in [-0.2, 0) is 4.79 Å². The predicted octanol–water partition coefficient (Wildman–Crippen LogP) is 2.60. The lowest BCUT2D eigenvalue weighted by Crippen LogP contribution is -2.32. The van der Waals surface area contributed by atoms with Crippen LogP contribution in [0.25, 0.3) is 0 Å². The monoisotopic (exact) mass is 301 g/mol. The molecule has 2 N–H and O–H groups in total. The van der Waals surface area contributed by atoms with E-state index in [9.17, 15) is 4.79 Å². The van der Waals surface area contributed by atoms with Crippen LogP contribution >= 0.6 is 35.3 Å². The highest BCUT2D eigenvalue weighted by molar-refractivity contribution is 8.01. The first-order valence-electron chi connectivity index (χ1n) is 6.13. The van der Waals surface area contributed by atoms with Crippen LogP contribution in [0.2, 0.25) is 0 Å². The number of H-pyrrole nitrogens is 1. The largest absolute Gasteiger partial charge is 0.355 e. The maximum atomic E-state index is 11.7. The van der Waals surface area contributed by atoms with Crippen LogP contribution in [-0.4, -0.2) is 28.4 Å². The van der Waals surface area contributed by atoms with Crippen molar-refractivity contribution in [2.45, 2.75) is 30.0 Å². The molecule has 18 heavy (non-hydrogen) atoms. The zero-order valence-corrected chi connectivity index (χ0v) is 12.3. The van der Waals surface area contributed by atoms with Crippen LogP contribution in [0.3, 0.4) is 0 Å². The Morgan fingerprint density at radius 1 is 1.61 bits per heavy atom. The molecule has 4 nitrogen and oxygen atoms in total. The summed E-state index contributed by atoms with van der Waals surface area (Å²) in [7, 11) is 0. The van der Waals surface area contributed by atoms with Gasteiger partial charge in [-0.25, -0.2) is 0 Å². The number of carbonyl (C=O) groups is 1. The fraction of sp³-hybridized carbons (Fsp3) is 0.727. The normalized spacial score (nSPS) is 20.7. The van der Waals surface area contributed by atoms with Gasteiger partial charge in [0.15, 0.2) is 8.29 Å². The van der Waals surface area contributed by atoms with Crippen molar-refractivity contribution >= 4 is 41.2 Å². The summed E-state index contributed by atoms with van der Waals surface area (Å²) in [5.41, 5.74) is 0.475. The van der Waals surface area contributed by atoms with Gasteiger partial charge in [-0.05, 0) is 49.2 Å². The summed E-state index contributed by atoms with van der Waals surface area (Å²) in [4.78, 5) is 11.7. The molecule has 1 aromatic rings. The quantitative estimate of drug-likeness (QED) is 0.626. The molecule has 1 amide bonds. The third kappa shape index (κ3) is 2.95. The molecule has 0 saturated heterocycles. The van der Waals surface area contributed by atoms with Crippen molar-refractivity contribution in [2.24, 2.45) is 11.3 Å². The molecule has 0 atom stereocenters. The first-order chi connectivity index (χ1) is 8.68. The van der Waals surface area contributed by atoms with Gasteiger partial charge in [0.1, 0.15) is 0 Å². The summed E-state index contributed by atoms with van der Waals surface area (Å²) in [6.07, 6.45) is 5.32. The van der Waals surface area contributed by atoms with Gasteiger partial charge in [0.05, 0.1) is 5.75 Å². The van der Waals surface area contributed by atoms with Crippen LogP contribution in [0.15, 0.2) is 4.34 Å². The Morgan fingerprint density at radius 2 is 2.39 bits per heavy atom. The molecule has 1 aromatic heterocycles. The second kappa shape index (κ2) is 4.94. The Balaban J connectivity index is 1.41. The summed E-state index contributed by atoms with van der Waals surface area (Å²) >= 11 is 7.80. The zero-order valence-electron chi connectivity index (χ0n) is 9.90. The van der Waals surface area contributed by atoms with Crippen molar-refractivity contribution in [1.82, 2.24) is 15.5 Å². The van der Waals surface area contributed by atoms with E-state index in [2.05, 4.69) is 15.5 Å². The molecule has 0 spiro atoms. The maximum Gasteiger partial charge on any atom is 0.230 e. The zero-order chi connectivity index (χ0) is 12.6. The fourth-order valence-corrected chi connectivity index (χ4v) is 4.23. The molecule has 2 fully saturated rings. The number of rotatable bonds is 6.